The average molecular weight is 301 g/mol. The summed E-state index contributed by atoms with van der Waals surface area (Å²) in [7, 11) is 0. The summed E-state index contributed by atoms with van der Waals surface area (Å²) >= 11 is 0. The molecule has 0 unspecified atom stereocenters. The zero-order valence-corrected chi connectivity index (χ0v) is 12.4. The molecule has 1 aromatic carbocycles. The van der Waals surface area contributed by atoms with Gasteiger partial charge in [0.1, 0.15) is 17.5 Å². The predicted octanol–water partition coefficient (Wildman–Crippen LogP) is 3.33. The third-order valence-electron chi connectivity index (χ3n) is 4.81. The summed E-state index contributed by atoms with van der Waals surface area (Å²) in [5, 5.41) is 0. The van der Waals surface area contributed by atoms with Crippen LogP contribution in [-0.4, -0.2) is 20.9 Å². The molecular weight excluding hydrogens is 284 g/mol. The van der Waals surface area contributed by atoms with Crippen molar-refractivity contribution in [2.24, 2.45) is 0 Å². The Hall–Kier alpha value is -1.88. The highest BCUT2D eigenvalue weighted by Crippen LogP contribution is 2.43. The number of hydrogen-bond donors (Lipinski definition) is 0. The number of rotatable bonds is 2. The normalized spacial score (nSPS) is 23.6. The summed E-state index contributed by atoms with van der Waals surface area (Å²) < 4.78 is 27.3. The van der Waals surface area contributed by atoms with Gasteiger partial charge in [-0.15, -0.1) is 0 Å². The molecule has 22 heavy (non-hydrogen) atoms. The third kappa shape index (κ3) is 2.20. The van der Waals surface area contributed by atoms with Crippen molar-refractivity contribution in [2.75, 3.05) is 0 Å². The molecule has 0 saturated carbocycles. The fourth-order valence-corrected chi connectivity index (χ4v) is 3.78. The Morgan fingerprint density at radius 2 is 2.14 bits per heavy atom. The van der Waals surface area contributed by atoms with E-state index in [-0.39, 0.29) is 17.7 Å². The second-order valence-corrected chi connectivity index (χ2v) is 6.18. The van der Waals surface area contributed by atoms with Gasteiger partial charge in [0.2, 0.25) is 0 Å². The van der Waals surface area contributed by atoms with E-state index in [1.165, 1.54) is 12.1 Å². The van der Waals surface area contributed by atoms with Crippen LogP contribution in [-0.2, 0) is 13.0 Å². The lowest BCUT2D eigenvalue weighted by Crippen LogP contribution is -2.37. The molecule has 2 atom stereocenters. The van der Waals surface area contributed by atoms with Crippen molar-refractivity contribution < 1.29 is 8.78 Å². The maximum Gasteiger partial charge on any atom is 0.127 e. The van der Waals surface area contributed by atoms with E-state index in [9.17, 15) is 8.78 Å². The molecule has 2 bridgehead atoms. The van der Waals surface area contributed by atoms with Gasteiger partial charge in [-0.25, -0.2) is 18.7 Å². The Labute approximate surface area is 128 Å². The van der Waals surface area contributed by atoms with E-state index in [2.05, 4.69) is 14.9 Å². The van der Waals surface area contributed by atoms with Crippen LogP contribution in [0, 0.1) is 18.6 Å². The van der Waals surface area contributed by atoms with Crippen LogP contribution in [0.15, 0.2) is 24.4 Å². The Kier molecular flexibility index (Phi) is 3.18. The number of aromatic nitrogens is 2. The Balaban J connectivity index is 1.67. The lowest BCUT2D eigenvalue weighted by atomic mass is 9.98. The van der Waals surface area contributed by atoms with Gasteiger partial charge < -0.3 is 0 Å². The average Bonchev–Trinajstić information content (AvgIpc) is 2.76. The summed E-state index contributed by atoms with van der Waals surface area (Å²) in [4.78, 5) is 11.1. The molecule has 3 nitrogen and oxygen atoms in total. The molecule has 2 aliphatic heterocycles. The summed E-state index contributed by atoms with van der Waals surface area (Å²) in [6.07, 6.45) is 4.86. The van der Waals surface area contributed by atoms with Crippen LogP contribution < -0.4 is 0 Å². The van der Waals surface area contributed by atoms with Crippen LogP contribution in [0.2, 0.25) is 0 Å². The van der Waals surface area contributed by atoms with Crippen molar-refractivity contribution >= 4 is 0 Å². The maximum atomic E-state index is 13.9. The summed E-state index contributed by atoms with van der Waals surface area (Å²) in [5.74, 6) is 0.0645. The first kappa shape index (κ1) is 13.8. The Morgan fingerprint density at radius 1 is 1.27 bits per heavy atom. The van der Waals surface area contributed by atoms with Gasteiger partial charge >= 0.3 is 0 Å². The highest BCUT2D eigenvalue weighted by atomic mass is 19.1. The SMILES string of the molecule is Cc1ncc2c(n1)C[C@@H]1CC[C@@H]2N1Cc1cc(F)ccc1F. The summed E-state index contributed by atoms with van der Waals surface area (Å²) in [6, 6.07) is 4.24. The van der Waals surface area contributed by atoms with E-state index in [1.807, 2.05) is 13.1 Å². The van der Waals surface area contributed by atoms with Crippen molar-refractivity contribution in [3.05, 3.63) is 58.7 Å². The van der Waals surface area contributed by atoms with Crippen molar-refractivity contribution in [1.82, 2.24) is 14.9 Å². The number of fused-ring (bicyclic) bond motifs is 4. The number of halogens is 2. The van der Waals surface area contributed by atoms with Gasteiger partial charge in [-0.3, -0.25) is 4.90 Å². The molecule has 0 radical (unpaired) electrons. The van der Waals surface area contributed by atoms with Gasteiger partial charge in [0.15, 0.2) is 0 Å². The van der Waals surface area contributed by atoms with Gasteiger partial charge in [-0.2, -0.15) is 0 Å². The molecular formula is C17H17F2N3. The maximum absolute atomic E-state index is 13.9. The second-order valence-electron chi connectivity index (χ2n) is 6.18. The molecule has 2 aliphatic rings. The Bertz CT molecular complexity index is 732. The zero-order valence-electron chi connectivity index (χ0n) is 12.4. The fourth-order valence-electron chi connectivity index (χ4n) is 3.78. The van der Waals surface area contributed by atoms with Crippen LogP contribution in [0.25, 0.3) is 0 Å². The quantitative estimate of drug-likeness (QED) is 0.852. The molecule has 4 rings (SSSR count). The van der Waals surface area contributed by atoms with Gasteiger partial charge in [-0.1, -0.05) is 0 Å². The highest BCUT2D eigenvalue weighted by Gasteiger charge is 2.40. The van der Waals surface area contributed by atoms with E-state index in [4.69, 9.17) is 0 Å². The van der Waals surface area contributed by atoms with E-state index in [1.54, 1.807) is 0 Å². The number of aryl methyl sites for hydroxylation is 1. The lowest BCUT2D eigenvalue weighted by Gasteiger charge is -2.35. The fraction of sp³-hybridized carbons (Fsp3) is 0.412. The summed E-state index contributed by atoms with van der Waals surface area (Å²) in [5.41, 5.74) is 2.69. The molecule has 0 N–H and O–H groups in total. The Morgan fingerprint density at radius 3 is 3.00 bits per heavy atom. The number of benzene rings is 1. The minimum absolute atomic E-state index is 0.219. The first-order chi connectivity index (χ1) is 10.6. The minimum Gasteiger partial charge on any atom is -0.289 e. The molecule has 5 heteroatoms. The lowest BCUT2D eigenvalue weighted by molar-refractivity contribution is 0.163. The van der Waals surface area contributed by atoms with Crippen molar-refractivity contribution in [3.63, 3.8) is 0 Å². The van der Waals surface area contributed by atoms with E-state index in [0.717, 1.165) is 42.4 Å². The first-order valence-electron chi connectivity index (χ1n) is 7.64. The molecule has 1 aromatic heterocycles. The smallest absolute Gasteiger partial charge is 0.127 e. The topological polar surface area (TPSA) is 29.0 Å². The van der Waals surface area contributed by atoms with Gasteiger partial charge in [-0.05, 0) is 38.0 Å². The zero-order chi connectivity index (χ0) is 15.3. The van der Waals surface area contributed by atoms with Gasteiger partial charge in [0.25, 0.3) is 0 Å². The van der Waals surface area contributed by atoms with Gasteiger partial charge in [0.05, 0.1) is 5.69 Å². The largest absolute Gasteiger partial charge is 0.289 e. The third-order valence-corrected chi connectivity index (χ3v) is 4.81. The summed E-state index contributed by atoms with van der Waals surface area (Å²) in [6.45, 7) is 2.34. The van der Waals surface area contributed by atoms with Crippen molar-refractivity contribution in [1.29, 1.82) is 0 Å². The molecule has 2 aromatic rings. The van der Waals surface area contributed by atoms with Crippen LogP contribution in [0.5, 0.6) is 0 Å². The first-order valence-corrected chi connectivity index (χ1v) is 7.64. The van der Waals surface area contributed by atoms with E-state index >= 15 is 0 Å². The number of hydrogen-bond acceptors (Lipinski definition) is 3. The molecule has 1 fully saturated rings. The predicted molar refractivity (Wildman–Crippen MR) is 78.1 cm³/mol. The minimum atomic E-state index is -0.389. The van der Waals surface area contributed by atoms with Crippen LogP contribution in [0.3, 0.4) is 0 Å². The van der Waals surface area contributed by atoms with Crippen LogP contribution >= 0.6 is 0 Å². The van der Waals surface area contributed by atoms with Crippen molar-refractivity contribution in [3.8, 4) is 0 Å². The standard InChI is InChI=1S/C17H17F2N3/c1-10-20-8-14-16(21-10)7-13-3-5-17(14)22(13)9-11-6-12(18)2-4-15(11)19/h2,4,6,8,13,17H,3,5,7,9H2,1H3/t13-,17-/m0/s1. The van der Waals surface area contributed by atoms with E-state index in [0.29, 0.717) is 18.2 Å². The van der Waals surface area contributed by atoms with Crippen LogP contribution in [0.1, 0.15) is 41.5 Å². The highest BCUT2D eigenvalue weighted by molar-refractivity contribution is 5.29. The van der Waals surface area contributed by atoms with Crippen molar-refractivity contribution in [2.45, 2.75) is 44.8 Å². The molecule has 0 amide bonds. The second kappa shape index (κ2) is 5.09. The van der Waals surface area contributed by atoms with Crippen LogP contribution in [0.4, 0.5) is 8.78 Å². The number of nitrogens with zero attached hydrogens (tertiary/aromatic N) is 3. The molecule has 1 saturated heterocycles. The van der Waals surface area contributed by atoms with E-state index < -0.39 is 0 Å². The monoisotopic (exact) mass is 301 g/mol. The molecule has 114 valence electrons. The molecule has 0 spiro atoms. The molecule has 0 aliphatic carbocycles. The van der Waals surface area contributed by atoms with Gasteiger partial charge in [0, 0.05) is 42.4 Å². The molecule has 3 heterocycles.